The Morgan fingerprint density at radius 2 is 1.23 bits per heavy atom. The van der Waals surface area contributed by atoms with Crippen molar-refractivity contribution in [2.75, 3.05) is 17.6 Å². The van der Waals surface area contributed by atoms with Gasteiger partial charge in [-0.05, 0) is 48.7 Å². The van der Waals surface area contributed by atoms with Crippen LogP contribution in [0.3, 0.4) is 0 Å². The van der Waals surface area contributed by atoms with E-state index in [-0.39, 0.29) is 11.5 Å². The molecule has 0 radical (unpaired) electrons. The van der Waals surface area contributed by atoms with Gasteiger partial charge in [0.2, 0.25) is 0 Å². The lowest BCUT2D eigenvalue weighted by molar-refractivity contribution is 0.102. The van der Waals surface area contributed by atoms with Gasteiger partial charge < -0.3 is 5.32 Å². The van der Waals surface area contributed by atoms with Crippen LogP contribution < -0.4 is 5.32 Å². The predicted molar refractivity (Wildman–Crippen MR) is 152 cm³/mol. The molecule has 0 spiro atoms. The third-order valence-corrected chi connectivity index (χ3v) is 7.83. The first-order valence-corrected chi connectivity index (χ1v) is 15.2. The number of hydrogen-bond acceptors (Lipinski definition) is 3. The number of carbonyl (C=O) groups excluding carboxylic acids is 1. The van der Waals surface area contributed by atoms with Crippen LogP contribution in [-0.2, 0) is 10.8 Å². The van der Waals surface area contributed by atoms with Crippen LogP contribution in [0.25, 0.3) is 0 Å². The average molecular weight is 498 g/mol. The highest BCUT2D eigenvalue weighted by atomic mass is 32.2. The molecule has 0 saturated heterocycles. The van der Waals surface area contributed by atoms with Gasteiger partial charge in [0, 0.05) is 22.7 Å². The number of nitrogens with one attached hydrogen (secondary N) is 1. The Kier molecular flexibility index (Phi) is 15.4. The summed E-state index contributed by atoms with van der Waals surface area (Å²) < 4.78 is 12.3. The first-order chi connectivity index (χ1) is 17.1. The summed E-state index contributed by atoms with van der Waals surface area (Å²) in [5.41, 5.74) is 1.65. The number of Topliss-reactive ketones (excluding diaryl/α,β-unsaturated/α-hetero) is 1. The molecule has 0 amide bonds. The van der Waals surface area contributed by atoms with Crippen LogP contribution >= 0.6 is 0 Å². The van der Waals surface area contributed by atoms with Crippen LogP contribution in [0.4, 0.5) is 5.69 Å². The molecule has 0 fully saturated rings. The van der Waals surface area contributed by atoms with Gasteiger partial charge in [0.25, 0.3) is 0 Å². The van der Waals surface area contributed by atoms with Crippen molar-refractivity contribution in [1.82, 2.24) is 0 Å². The Morgan fingerprint density at radius 1 is 0.714 bits per heavy atom. The smallest absolute Gasteiger partial charge is 0.175 e. The van der Waals surface area contributed by atoms with Gasteiger partial charge in [0.15, 0.2) is 5.78 Å². The van der Waals surface area contributed by atoms with Gasteiger partial charge in [-0.1, -0.05) is 109 Å². The molecule has 0 bridgehead atoms. The van der Waals surface area contributed by atoms with Crippen molar-refractivity contribution in [3.63, 3.8) is 0 Å². The topological polar surface area (TPSA) is 46.2 Å². The molecule has 1 N–H and O–H groups in total. The summed E-state index contributed by atoms with van der Waals surface area (Å²) >= 11 is 0. The number of carbonyl (C=O) groups is 1. The minimum absolute atomic E-state index is 0.0230. The SMILES string of the molecule is CC(C)CCCCCCCCCCCCCCNc1ccc(C(=O)CS(=O)c2ccccc2)cc1. The van der Waals surface area contributed by atoms with Crippen LogP contribution in [0, 0.1) is 5.92 Å². The zero-order chi connectivity index (χ0) is 25.1. The van der Waals surface area contributed by atoms with E-state index in [9.17, 15) is 9.00 Å². The maximum absolute atomic E-state index is 12.4. The first kappa shape index (κ1) is 29.3. The molecule has 0 aliphatic heterocycles. The highest BCUT2D eigenvalue weighted by Crippen LogP contribution is 2.15. The molecular formula is C31H47NO2S. The Bertz CT molecular complexity index is 833. The Balaban J connectivity index is 1.45. The predicted octanol–water partition coefficient (Wildman–Crippen LogP) is 8.82. The van der Waals surface area contributed by atoms with Crippen molar-refractivity contribution in [3.05, 3.63) is 60.2 Å². The molecule has 0 heterocycles. The quantitative estimate of drug-likeness (QED) is 0.147. The summed E-state index contributed by atoms with van der Waals surface area (Å²) in [5, 5.41) is 3.45. The molecule has 0 aliphatic rings. The summed E-state index contributed by atoms with van der Waals surface area (Å²) in [6, 6.07) is 16.7. The average Bonchev–Trinajstić information content (AvgIpc) is 2.87. The van der Waals surface area contributed by atoms with E-state index in [2.05, 4.69) is 19.2 Å². The van der Waals surface area contributed by atoms with E-state index >= 15 is 0 Å². The second-order valence-corrected chi connectivity index (χ2v) is 11.6. The molecular weight excluding hydrogens is 450 g/mol. The van der Waals surface area contributed by atoms with E-state index in [1.54, 1.807) is 12.1 Å². The second-order valence-electron chi connectivity index (χ2n) is 10.2. The van der Waals surface area contributed by atoms with Crippen LogP contribution in [0.5, 0.6) is 0 Å². The fraction of sp³-hybridized carbons (Fsp3) is 0.581. The summed E-state index contributed by atoms with van der Waals surface area (Å²) in [6.45, 7) is 5.60. The van der Waals surface area contributed by atoms with Gasteiger partial charge in [-0.15, -0.1) is 0 Å². The zero-order valence-electron chi connectivity index (χ0n) is 22.1. The highest BCUT2D eigenvalue weighted by molar-refractivity contribution is 7.85. The molecule has 0 aliphatic carbocycles. The van der Waals surface area contributed by atoms with Gasteiger partial charge in [-0.3, -0.25) is 9.00 Å². The summed E-state index contributed by atoms with van der Waals surface area (Å²) in [7, 11) is -1.30. The van der Waals surface area contributed by atoms with Crippen molar-refractivity contribution >= 4 is 22.3 Å². The minimum Gasteiger partial charge on any atom is -0.385 e. The normalized spacial score (nSPS) is 12.1. The number of anilines is 1. The van der Waals surface area contributed by atoms with E-state index in [1.165, 1.54) is 83.5 Å². The van der Waals surface area contributed by atoms with E-state index < -0.39 is 10.8 Å². The first-order valence-electron chi connectivity index (χ1n) is 13.9. The van der Waals surface area contributed by atoms with Crippen molar-refractivity contribution in [1.29, 1.82) is 0 Å². The van der Waals surface area contributed by atoms with Crippen LogP contribution in [-0.4, -0.2) is 22.3 Å². The third-order valence-electron chi connectivity index (χ3n) is 6.51. The molecule has 1 unspecified atom stereocenters. The summed E-state index contributed by atoms with van der Waals surface area (Å²) in [6.07, 6.45) is 17.8. The molecule has 2 rings (SSSR count). The number of rotatable bonds is 20. The molecule has 2 aromatic rings. The van der Waals surface area contributed by atoms with E-state index in [0.29, 0.717) is 10.5 Å². The van der Waals surface area contributed by atoms with Crippen LogP contribution in [0.2, 0.25) is 0 Å². The molecule has 2 aromatic carbocycles. The fourth-order valence-electron chi connectivity index (χ4n) is 4.31. The van der Waals surface area contributed by atoms with E-state index in [0.717, 1.165) is 18.2 Å². The Morgan fingerprint density at radius 3 is 1.77 bits per heavy atom. The van der Waals surface area contributed by atoms with Crippen molar-refractivity contribution in [2.45, 2.75) is 102 Å². The largest absolute Gasteiger partial charge is 0.385 e. The zero-order valence-corrected chi connectivity index (χ0v) is 22.9. The minimum atomic E-state index is -1.30. The van der Waals surface area contributed by atoms with E-state index in [1.807, 2.05) is 42.5 Å². The van der Waals surface area contributed by atoms with Gasteiger partial charge in [0.05, 0.1) is 16.6 Å². The third kappa shape index (κ3) is 13.7. The molecule has 4 heteroatoms. The van der Waals surface area contributed by atoms with Crippen molar-refractivity contribution in [3.8, 4) is 0 Å². The maximum Gasteiger partial charge on any atom is 0.175 e. The Hall–Kier alpha value is -1.94. The molecule has 0 aromatic heterocycles. The van der Waals surface area contributed by atoms with Gasteiger partial charge >= 0.3 is 0 Å². The lowest BCUT2D eigenvalue weighted by atomic mass is 10.0. The maximum atomic E-state index is 12.4. The molecule has 1 atom stereocenters. The molecule has 0 saturated carbocycles. The lowest BCUT2D eigenvalue weighted by Crippen LogP contribution is -2.11. The number of unbranched alkanes of at least 4 members (excludes halogenated alkanes) is 11. The van der Waals surface area contributed by atoms with Crippen LogP contribution in [0.15, 0.2) is 59.5 Å². The number of hydrogen-bond donors (Lipinski definition) is 1. The van der Waals surface area contributed by atoms with Gasteiger partial charge in [-0.25, -0.2) is 0 Å². The molecule has 35 heavy (non-hydrogen) atoms. The standard InChI is InChI=1S/C31H47NO2S/c1-27(2)18-14-11-9-7-5-3-4-6-8-10-12-17-25-32-29-23-21-28(22-24-29)31(33)26-35(34)30-19-15-13-16-20-30/h13,15-16,19-24,27,32H,3-12,14,17-18,25-26H2,1-2H3. The molecule has 194 valence electrons. The molecule has 3 nitrogen and oxygen atoms in total. The van der Waals surface area contributed by atoms with Crippen LogP contribution in [0.1, 0.15) is 108 Å². The summed E-state index contributed by atoms with van der Waals surface area (Å²) in [5.74, 6) is 0.801. The monoisotopic (exact) mass is 497 g/mol. The van der Waals surface area contributed by atoms with Gasteiger partial charge in [-0.2, -0.15) is 0 Å². The number of ketones is 1. The summed E-state index contributed by atoms with van der Waals surface area (Å²) in [4.78, 5) is 13.1. The highest BCUT2D eigenvalue weighted by Gasteiger charge is 2.12. The van der Waals surface area contributed by atoms with Crippen molar-refractivity contribution in [2.24, 2.45) is 5.92 Å². The fourth-order valence-corrected chi connectivity index (χ4v) is 5.34. The second kappa shape index (κ2) is 18.3. The van der Waals surface area contributed by atoms with Gasteiger partial charge in [0.1, 0.15) is 0 Å². The van der Waals surface area contributed by atoms with Crippen molar-refractivity contribution < 1.29 is 9.00 Å². The number of benzene rings is 2. The lowest BCUT2D eigenvalue weighted by Gasteiger charge is -2.08. The van der Waals surface area contributed by atoms with E-state index in [4.69, 9.17) is 0 Å². The Labute approximate surface area is 217 Å².